The van der Waals surface area contributed by atoms with E-state index in [1.54, 1.807) is 7.11 Å². The highest BCUT2D eigenvalue weighted by Gasteiger charge is 2.40. The van der Waals surface area contributed by atoms with Crippen molar-refractivity contribution in [1.82, 2.24) is 0 Å². The third-order valence-corrected chi connectivity index (χ3v) is 4.24. The van der Waals surface area contributed by atoms with Gasteiger partial charge in [-0.25, -0.2) is 0 Å². The molecule has 0 unspecified atom stereocenters. The van der Waals surface area contributed by atoms with E-state index in [1.165, 1.54) is 5.56 Å². The molecule has 0 saturated heterocycles. The molecule has 20 heavy (non-hydrogen) atoms. The van der Waals surface area contributed by atoms with Crippen molar-refractivity contribution in [2.75, 3.05) is 13.7 Å². The molecule has 0 bridgehead atoms. The Morgan fingerprint density at radius 1 is 1.40 bits per heavy atom. The number of carbonyl (C=O) groups is 1. The first-order valence-electron chi connectivity index (χ1n) is 7.02. The van der Waals surface area contributed by atoms with Crippen molar-refractivity contribution in [1.29, 1.82) is 0 Å². The Morgan fingerprint density at radius 3 is 2.65 bits per heavy atom. The smallest absolute Gasteiger partial charge is 0.306 e. The maximum atomic E-state index is 11.5. The largest absolute Gasteiger partial charge is 0.496 e. The second-order valence-electron chi connectivity index (χ2n) is 5.51. The summed E-state index contributed by atoms with van der Waals surface area (Å²) in [5.74, 6) is 0.566. The van der Waals surface area contributed by atoms with E-state index in [0.717, 1.165) is 29.2 Å². The summed E-state index contributed by atoms with van der Waals surface area (Å²) in [4.78, 5) is 11.5. The lowest BCUT2D eigenvalue weighted by atomic mass is 9.94. The Balaban J connectivity index is 2.19. The molecule has 1 fully saturated rings. The van der Waals surface area contributed by atoms with Gasteiger partial charge in [-0.2, -0.15) is 0 Å². The van der Waals surface area contributed by atoms with Crippen molar-refractivity contribution in [2.45, 2.75) is 44.9 Å². The molecule has 0 spiro atoms. The van der Waals surface area contributed by atoms with Gasteiger partial charge in [-0.1, -0.05) is 24.6 Å². The second kappa shape index (κ2) is 6.04. The number of hydrogen-bond donors (Lipinski definition) is 0. The summed E-state index contributed by atoms with van der Waals surface area (Å²) < 4.78 is 10.3. The first-order valence-corrected chi connectivity index (χ1v) is 7.40. The number of aryl methyl sites for hydroxylation is 1. The van der Waals surface area contributed by atoms with Crippen LogP contribution in [0.25, 0.3) is 0 Å². The van der Waals surface area contributed by atoms with E-state index in [9.17, 15) is 4.79 Å². The summed E-state index contributed by atoms with van der Waals surface area (Å²) in [5, 5.41) is 0.752. The van der Waals surface area contributed by atoms with Gasteiger partial charge in [0.15, 0.2) is 0 Å². The van der Waals surface area contributed by atoms with Crippen molar-refractivity contribution >= 4 is 17.6 Å². The molecular formula is C16H21ClO3. The molecule has 1 aliphatic carbocycles. The molecule has 0 aliphatic heterocycles. The van der Waals surface area contributed by atoms with Crippen LogP contribution < -0.4 is 4.74 Å². The van der Waals surface area contributed by atoms with E-state index in [1.807, 2.05) is 13.0 Å². The molecule has 1 aromatic carbocycles. The fourth-order valence-electron chi connectivity index (χ4n) is 2.37. The number of halogens is 1. The molecule has 4 heteroatoms. The molecular weight excluding hydrogens is 276 g/mol. The molecule has 1 saturated carbocycles. The molecule has 0 amide bonds. The first-order chi connectivity index (χ1) is 9.50. The van der Waals surface area contributed by atoms with Crippen LogP contribution in [0, 0.1) is 0 Å². The zero-order valence-electron chi connectivity index (χ0n) is 12.3. The molecule has 3 nitrogen and oxygen atoms in total. The summed E-state index contributed by atoms with van der Waals surface area (Å²) in [7, 11) is 1.62. The number of hydrogen-bond acceptors (Lipinski definition) is 3. The topological polar surface area (TPSA) is 35.5 Å². The Morgan fingerprint density at radius 2 is 2.10 bits per heavy atom. The van der Waals surface area contributed by atoms with E-state index in [-0.39, 0.29) is 11.4 Å². The summed E-state index contributed by atoms with van der Waals surface area (Å²) in [5.41, 5.74) is 2.38. The number of esters is 1. The predicted molar refractivity (Wildman–Crippen MR) is 79.5 cm³/mol. The van der Waals surface area contributed by atoms with Gasteiger partial charge in [-0.15, -0.1) is 0 Å². The number of methoxy groups -OCH3 is 1. The van der Waals surface area contributed by atoms with Gasteiger partial charge in [-0.3, -0.25) is 4.79 Å². The van der Waals surface area contributed by atoms with Gasteiger partial charge in [0.05, 0.1) is 13.7 Å². The highest BCUT2D eigenvalue weighted by molar-refractivity contribution is 6.31. The summed E-state index contributed by atoms with van der Waals surface area (Å²) >= 11 is 6.35. The van der Waals surface area contributed by atoms with Crippen LogP contribution in [0.2, 0.25) is 5.02 Å². The standard InChI is InChI=1S/C16H21ClO3/c1-4-20-15(18)6-5-11-9-12(16(2)7-8-16)13(17)10-14(11)19-3/h9-10H,4-8H2,1-3H3. The Bertz CT molecular complexity index is 507. The molecule has 110 valence electrons. The van der Waals surface area contributed by atoms with Crippen LogP contribution in [0.15, 0.2) is 12.1 Å². The van der Waals surface area contributed by atoms with Crippen molar-refractivity contribution in [3.63, 3.8) is 0 Å². The molecule has 0 atom stereocenters. The molecule has 0 radical (unpaired) electrons. The summed E-state index contributed by atoms with van der Waals surface area (Å²) in [6.07, 6.45) is 3.30. The zero-order chi connectivity index (χ0) is 14.8. The lowest BCUT2D eigenvalue weighted by Crippen LogP contribution is -2.08. The lowest BCUT2D eigenvalue weighted by Gasteiger charge is -2.16. The lowest BCUT2D eigenvalue weighted by molar-refractivity contribution is -0.143. The van der Waals surface area contributed by atoms with Crippen LogP contribution >= 0.6 is 11.6 Å². The van der Waals surface area contributed by atoms with Crippen molar-refractivity contribution in [3.05, 3.63) is 28.3 Å². The molecule has 1 aliphatic rings. The summed E-state index contributed by atoms with van der Waals surface area (Å²) in [6.45, 7) is 4.45. The summed E-state index contributed by atoms with van der Waals surface area (Å²) in [6, 6.07) is 3.95. The Kier molecular flexibility index (Phi) is 4.59. The molecule has 0 heterocycles. The highest BCUT2D eigenvalue weighted by Crippen LogP contribution is 2.51. The van der Waals surface area contributed by atoms with E-state index in [0.29, 0.717) is 19.4 Å². The Hall–Kier alpha value is -1.22. The first kappa shape index (κ1) is 15.2. The van der Waals surface area contributed by atoms with Crippen LogP contribution in [0.5, 0.6) is 5.75 Å². The average molecular weight is 297 g/mol. The van der Waals surface area contributed by atoms with E-state index in [2.05, 4.69) is 13.0 Å². The van der Waals surface area contributed by atoms with Gasteiger partial charge in [-0.05, 0) is 48.8 Å². The third-order valence-electron chi connectivity index (χ3n) is 3.92. The molecule has 1 aromatic rings. The van der Waals surface area contributed by atoms with Crippen molar-refractivity contribution < 1.29 is 14.3 Å². The SMILES string of the molecule is CCOC(=O)CCc1cc(C2(C)CC2)c(Cl)cc1OC. The average Bonchev–Trinajstić information content (AvgIpc) is 3.16. The van der Waals surface area contributed by atoms with Crippen LogP contribution in [0.1, 0.15) is 44.2 Å². The van der Waals surface area contributed by atoms with Gasteiger partial charge in [0.25, 0.3) is 0 Å². The van der Waals surface area contributed by atoms with Crippen LogP contribution in [-0.2, 0) is 21.4 Å². The Labute approximate surface area is 125 Å². The van der Waals surface area contributed by atoms with Gasteiger partial charge >= 0.3 is 5.97 Å². The van der Waals surface area contributed by atoms with Crippen LogP contribution in [-0.4, -0.2) is 19.7 Å². The minimum absolute atomic E-state index is 0.177. The van der Waals surface area contributed by atoms with Gasteiger partial charge < -0.3 is 9.47 Å². The second-order valence-corrected chi connectivity index (χ2v) is 5.92. The fraction of sp³-hybridized carbons (Fsp3) is 0.562. The molecule has 2 rings (SSSR count). The maximum Gasteiger partial charge on any atom is 0.306 e. The monoisotopic (exact) mass is 296 g/mol. The number of benzene rings is 1. The van der Waals surface area contributed by atoms with Crippen molar-refractivity contribution in [2.24, 2.45) is 0 Å². The number of rotatable bonds is 6. The van der Waals surface area contributed by atoms with E-state index >= 15 is 0 Å². The van der Waals surface area contributed by atoms with E-state index in [4.69, 9.17) is 21.1 Å². The third kappa shape index (κ3) is 3.26. The van der Waals surface area contributed by atoms with Crippen LogP contribution in [0.3, 0.4) is 0 Å². The van der Waals surface area contributed by atoms with Crippen molar-refractivity contribution in [3.8, 4) is 5.75 Å². The molecule has 0 aromatic heterocycles. The minimum Gasteiger partial charge on any atom is -0.496 e. The zero-order valence-corrected chi connectivity index (χ0v) is 13.0. The van der Waals surface area contributed by atoms with Gasteiger partial charge in [0.2, 0.25) is 0 Å². The maximum absolute atomic E-state index is 11.5. The fourth-order valence-corrected chi connectivity index (χ4v) is 2.76. The van der Waals surface area contributed by atoms with Gasteiger partial charge in [0, 0.05) is 11.4 Å². The van der Waals surface area contributed by atoms with Gasteiger partial charge in [0.1, 0.15) is 5.75 Å². The normalized spacial score (nSPS) is 15.8. The van der Waals surface area contributed by atoms with Crippen LogP contribution in [0.4, 0.5) is 0 Å². The predicted octanol–water partition coefficient (Wildman–Crippen LogP) is 3.90. The minimum atomic E-state index is -0.177. The quantitative estimate of drug-likeness (QED) is 0.747. The van der Waals surface area contributed by atoms with E-state index < -0.39 is 0 Å². The highest BCUT2D eigenvalue weighted by atomic mass is 35.5. The number of carbonyl (C=O) groups excluding carboxylic acids is 1. The molecule has 0 N–H and O–H groups in total. The number of ether oxygens (including phenoxy) is 2.